The van der Waals surface area contributed by atoms with Gasteiger partial charge in [0.25, 0.3) is 11.8 Å². The van der Waals surface area contributed by atoms with Gasteiger partial charge in [-0.3, -0.25) is 24.1 Å². The number of halogens is 3. The second-order valence-electron chi connectivity index (χ2n) is 19.5. The second-order valence-corrected chi connectivity index (χ2v) is 20.8. The van der Waals surface area contributed by atoms with Gasteiger partial charge in [-0.1, -0.05) is 75.4 Å². The number of thiazole rings is 1. The number of nitriles is 1. The number of likely N-dealkylation sites (tertiary alicyclic amines) is 1. The maximum Gasteiger partial charge on any atom is 0.417 e. The van der Waals surface area contributed by atoms with E-state index in [4.69, 9.17) is 21.7 Å². The molecule has 3 atom stereocenters. The van der Waals surface area contributed by atoms with Gasteiger partial charge in [0, 0.05) is 31.3 Å². The molecule has 0 saturated carbocycles. The van der Waals surface area contributed by atoms with Crippen LogP contribution in [0.2, 0.25) is 0 Å². The van der Waals surface area contributed by atoms with Crippen molar-refractivity contribution in [1.29, 1.82) is 5.26 Å². The molecular formula is C55H52F3N7O7S2. The lowest BCUT2D eigenvalue weighted by Crippen LogP contribution is -2.58. The molecule has 6 aromatic rings. The van der Waals surface area contributed by atoms with E-state index in [-0.39, 0.29) is 30.3 Å². The number of aryl methyl sites for hydroxylation is 1. The Morgan fingerprint density at radius 1 is 0.905 bits per heavy atom. The van der Waals surface area contributed by atoms with Crippen molar-refractivity contribution in [3.05, 3.63) is 143 Å². The molecule has 19 heteroatoms. The largest absolute Gasteiger partial charge is 0.484 e. The molecule has 0 radical (unpaired) electrons. The molecule has 5 aromatic carbocycles. The lowest BCUT2D eigenvalue weighted by atomic mass is 9.85. The van der Waals surface area contributed by atoms with Crippen molar-refractivity contribution < 1.29 is 46.9 Å². The predicted molar refractivity (Wildman–Crippen MR) is 278 cm³/mol. The fourth-order valence-corrected chi connectivity index (χ4v) is 10.2. The summed E-state index contributed by atoms with van der Waals surface area (Å²) in [7, 11) is 0. The molecule has 4 amide bonds. The number of benzene rings is 5. The first-order valence-electron chi connectivity index (χ1n) is 23.5. The minimum atomic E-state index is -4.82. The first kappa shape index (κ1) is 52.7. The average molecular weight is 1040 g/mol. The summed E-state index contributed by atoms with van der Waals surface area (Å²) in [5.74, 6) is -0.755. The fourth-order valence-electron chi connectivity index (χ4n) is 8.87. The number of carbonyl (C=O) groups is 4. The minimum absolute atomic E-state index is 0.0134. The van der Waals surface area contributed by atoms with Crippen LogP contribution in [0.3, 0.4) is 0 Å². The summed E-state index contributed by atoms with van der Waals surface area (Å²) in [6.07, 6.45) is -5.68. The highest BCUT2D eigenvalue weighted by atomic mass is 32.1. The number of hydrogen-bond donors (Lipinski definition) is 3. The van der Waals surface area contributed by atoms with Gasteiger partial charge < -0.3 is 35.0 Å². The van der Waals surface area contributed by atoms with Crippen molar-refractivity contribution in [1.82, 2.24) is 20.5 Å². The van der Waals surface area contributed by atoms with Crippen LogP contribution in [0.1, 0.15) is 63.4 Å². The molecule has 382 valence electrons. The molecule has 1 unspecified atom stereocenters. The van der Waals surface area contributed by atoms with Crippen molar-refractivity contribution in [2.45, 2.75) is 84.4 Å². The smallest absolute Gasteiger partial charge is 0.417 e. The molecule has 2 aliphatic heterocycles. The Kier molecular flexibility index (Phi) is 15.0. The van der Waals surface area contributed by atoms with Crippen molar-refractivity contribution >= 4 is 63.7 Å². The van der Waals surface area contributed by atoms with E-state index >= 15 is 0 Å². The number of nitrogens with one attached hydrogen (secondary N) is 2. The van der Waals surface area contributed by atoms with E-state index in [0.29, 0.717) is 22.9 Å². The number of thiocarbonyl (C=S) groups is 1. The van der Waals surface area contributed by atoms with Crippen LogP contribution in [0, 0.1) is 23.7 Å². The number of aromatic nitrogens is 1. The van der Waals surface area contributed by atoms with Gasteiger partial charge in [0.15, 0.2) is 11.7 Å². The van der Waals surface area contributed by atoms with Crippen LogP contribution in [0.15, 0.2) is 121 Å². The Morgan fingerprint density at radius 3 is 2.16 bits per heavy atom. The summed E-state index contributed by atoms with van der Waals surface area (Å²) >= 11 is 7.24. The Bertz CT molecular complexity index is 3150. The van der Waals surface area contributed by atoms with Gasteiger partial charge in [-0.25, -0.2) is 4.98 Å². The number of nitrogens with zero attached hydrogens (tertiary/aromatic N) is 5. The number of ether oxygens (including phenoxy) is 2. The van der Waals surface area contributed by atoms with E-state index in [2.05, 4.69) is 15.6 Å². The maximum absolute atomic E-state index is 14.1. The molecule has 0 aliphatic carbocycles. The molecule has 2 aliphatic rings. The lowest BCUT2D eigenvalue weighted by Gasteiger charge is -2.35. The SMILES string of the molecule is Cc1ncsc1-c1ccc(CNC(=O)[C@@H]2C[C@@H](O)CN2C(=O)C(NC(=O)COc2cccc(Oc3ccc(-c4ccc(N5C(=S)N(c6ccc(C#N)c(C(F)(F)F)c6)C(=O)C5(C)C)cc4)cc3)c2)C(C)(C)C)cc1. The molecule has 14 nitrogen and oxygen atoms in total. The van der Waals surface area contributed by atoms with Crippen molar-refractivity contribution in [2.75, 3.05) is 23.0 Å². The van der Waals surface area contributed by atoms with Gasteiger partial charge in [-0.05, 0) is 115 Å². The van der Waals surface area contributed by atoms with Crippen molar-refractivity contribution in [2.24, 2.45) is 5.41 Å². The number of carbonyl (C=O) groups excluding carboxylic acids is 4. The first-order valence-corrected chi connectivity index (χ1v) is 24.8. The van der Waals surface area contributed by atoms with E-state index in [1.54, 1.807) is 111 Å². The molecule has 2 saturated heterocycles. The molecule has 2 fully saturated rings. The zero-order valence-corrected chi connectivity index (χ0v) is 42.8. The highest BCUT2D eigenvalue weighted by Crippen LogP contribution is 2.41. The molecule has 3 N–H and O–H groups in total. The van der Waals surface area contributed by atoms with Crippen LogP contribution in [-0.2, 0) is 31.9 Å². The van der Waals surface area contributed by atoms with Gasteiger partial charge in [0.2, 0.25) is 11.8 Å². The maximum atomic E-state index is 14.1. The van der Waals surface area contributed by atoms with Gasteiger partial charge >= 0.3 is 6.18 Å². The minimum Gasteiger partial charge on any atom is -0.484 e. The number of alkyl halides is 3. The van der Waals surface area contributed by atoms with Gasteiger partial charge in [-0.2, -0.15) is 18.4 Å². The summed E-state index contributed by atoms with van der Waals surface area (Å²) in [4.78, 5) is 64.1. The number of rotatable bonds is 14. The third kappa shape index (κ3) is 11.3. The molecular weight excluding hydrogens is 992 g/mol. The number of aliphatic hydroxyl groups excluding tert-OH is 1. The zero-order valence-electron chi connectivity index (χ0n) is 41.2. The zero-order chi connectivity index (χ0) is 53.3. The van der Waals surface area contributed by atoms with E-state index in [1.807, 2.05) is 55.5 Å². The van der Waals surface area contributed by atoms with E-state index in [0.717, 1.165) is 49.9 Å². The lowest BCUT2D eigenvalue weighted by molar-refractivity contribution is -0.144. The van der Waals surface area contributed by atoms with Crippen LogP contribution in [0.5, 0.6) is 17.2 Å². The second kappa shape index (κ2) is 21.1. The highest BCUT2D eigenvalue weighted by Gasteiger charge is 2.51. The third-order valence-electron chi connectivity index (χ3n) is 12.8. The quantitative estimate of drug-likeness (QED) is 0.0886. The molecule has 0 bridgehead atoms. The first-order chi connectivity index (χ1) is 35.0. The summed E-state index contributed by atoms with van der Waals surface area (Å²) < 4.78 is 53.4. The van der Waals surface area contributed by atoms with Gasteiger partial charge in [0.05, 0.1) is 45.1 Å². The van der Waals surface area contributed by atoms with Gasteiger partial charge in [-0.15, -0.1) is 11.3 Å². The van der Waals surface area contributed by atoms with Crippen LogP contribution < -0.4 is 29.9 Å². The Hall–Kier alpha value is -7.66. The van der Waals surface area contributed by atoms with Crippen molar-refractivity contribution in [3.8, 4) is 44.9 Å². The summed E-state index contributed by atoms with van der Waals surface area (Å²) in [6.45, 7) is 10.3. The Labute approximate surface area is 435 Å². The van der Waals surface area contributed by atoms with E-state index in [1.165, 1.54) is 11.0 Å². The summed E-state index contributed by atoms with van der Waals surface area (Å²) in [5.41, 5.74) is 2.97. The Morgan fingerprint density at radius 2 is 1.54 bits per heavy atom. The topological polar surface area (TPSA) is 177 Å². The number of aliphatic hydroxyl groups is 1. The van der Waals surface area contributed by atoms with Crippen molar-refractivity contribution in [3.63, 3.8) is 0 Å². The normalized spacial score (nSPS) is 17.0. The van der Waals surface area contributed by atoms with Crippen LogP contribution >= 0.6 is 23.6 Å². The number of hydrogen-bond acceptors (Lipinski definition) is 11. The van der Waals surface area contributed by atoms with E-state index in [9.17, 15) is 42.7 Å². The van der Waals surface area contributed by atoms with Crippen LogP contribution in [0.4, 0.5) is 24.5 Å². The summed E-state index contributed by atoms with van der Waals surface area (Å²) in [6, 6.07) is 31.5. The fraction of sp³-hybridized carbons (Fsp3) is 0.291. The molecule has 3 heterocycles. The van der Waals surface area contributed by atoms with E-state index < -0.39 is 76.7 Å². The van der Waals surface area contributed by atoms with Crippen LogP contribution in [0.25, 0.3) is 21.6 Å². The van der Waals surface area contributed by atoms with Crippen LogP contribution in [-0.4, -0.2) is 80.6 Å². The number of amides is 4. The summed E-state index contributed by atoms with van der Waals surface area (Å²) in [5, 5.41) is 25.6. The average Bonchev–Trinajstić information content (AvgIpc) is 4.03. The highest BCUT2D eigenvalue weighted by molar-refractivity contribution is 7.81. The molecule has 8 rings (SSSR count). The Balaban J connectivity index is 0.853. The monoisotopic (exact) mass is 1040 g/mol. The third-order valence-corrected chi connectivity index (χ3v) is 14.1. The number of anilines is 2. The molecule has 1 aromatic heterocycles. The molecule has 0 spiro atoms. The number of β-amino-alcohol motifs (C(OH)–C–C–N with tert-alkyl or cyclic N) is 1. The standard InChI is InChI=1S/C55H52F3N7O7S2/c1-32-47(74-31-61-32)36-12-10-33(11-13-36)28-60-49(68)45-25-40(66)29-63(45)50(69)48(53(2,3)4)62-46(67)30-71-42-8-7-9-43(26-42)72-41-22-17-35(18-23-41)34-14-19-38(20-15-34)65-52(73)64(51(70)54(65,5)6)39-21-16-37(27-59)44(24-39)55(56,57)58/h7-24,26,31,40,45,48,66H,25,28-30H2,1-6H3,(H,60,68)(H,62,67)/t40-,45+,48?/m1/s1. The predicted octanol–water partition coefficient (Wildman–Crippen LogP) is 9.57. The molecule has 74 heavy (non-hydrogen) atoms. The van der Waals surface area contributed by atoms with Gasteiger partial charge in [0.1, 0.15) is 34.9 Å².